The van der Waals surface area contributed by atoms with E-state index in [2.05, 4.69) is 106 Å². The first-order valence-electron chi connectivity index (χ1n) is 29.6. The lowest BCUT2D eigenvalue weighted by Crippen LogP contribution is -2.30. The van der Waals surface area contributed by atoms with Gasteiger partial charge >= 0.3 is 17.9 Å². The average Bonchev–Trinajstić information content (AvgIpc) is 3.36. The minimum atomic E-state index is -0.786. The summed E-state index contributed by atoms with van der Waals surface area (Å²) in [5.41, 5.74) is 0. The summed E-state index contributed by atoms with van der Waals surface area (Å²) in [6.45, 7) is 6.48. The Kier molecular flexibility index (Phi) is 55.3. The van der Waals surface area contributed by atoms with E-state index in [-0.39, 0.29) is 31.1 Å². The molecule has 0 spiro atoms. The van der Waals surface area contributed by atoms with Crippen molar-refractivity contribution >= 4 is 17.9 Å². The molecule has 0 N–H and O–H groups in total. The van der Waals surface area contributed by atoms with Gasteiger partial charge in [-0.05, 0) is 77.0 Å². The Morgan fingerprint density at radius 2 is 0.557 bits per heavy atom. The third-order valence-electron chi connectivity index (χ3n) is 12.7. The number of allylic oxidation sites excluding steroid dienone is 14. The van der Waals surface area contributed by atoms with Gasteiger partial charge in [0.15, 0.2) is 6.10 Å². The summed E-state index contributed by atoms with van der Waals surface area (Å²) in [5, 5.41) is 0. The summed E-state index contributed by atoms with van der Waals surface area (Å²) in [6, 6.07) is 0. The standard InChI is InChI=1S/C64H110O6/c1-4-7-10-13-16-18-20-22-24-26-28-30-31-32-33-34-36-37-39-41-43-45-48-51-54-57-63(66)69-60-61(59-68-62(65)56-53-50-47-15-12-9-6-3)70-64(67)58-55-52-49-46-44-42-40-38-35-29-27-25-23-21-19-17-14-11-8-5-2/h7,10,16,18,22,24,28,30,32-33,36-37,41,43,61H,4-6,8-9,11-15,17,19-21,23,25-27,29,31,34-35,38-40,42,44-60H2,1-3H3/b10-7-,18-16-,24-22-,30-28-,33-32-,37-36-,43-41-. The molecule has 6 heteroatoms. The maximum absolute atomic E-state index is 12.8. The summed E-state index contributed by atoms with van der Waals surface area (Å²) in [4.78, 5) is 38.0. The van der Waals surface area contributed by atoms with Crippen LogP contribution in [0, 0.1) is 0 Å². The number of hydrogen-bond acceptors (Lipinski definition) is 6. The van der Waals surface area contributed by atoms with Crippen LogP contribution in [0.5, 0.6) is 0 Å². The highest BCUT2D eigenvalue weighted by molar-refractivity contribution is 5.71. The zero-order valence-corrected chi connectivity index (χ0v) is 46.0. The molecule has 1 unspecified atom stereocenters. The second-order valence-corrected chi connectivity index (χ2v) is 19.5. The molecule has 0 rings (SSSR count). The normalized spacial score (nSPS) is 12.7. The Labute approximate surface area is 433 Å². The van der Waals surface area contributed by atoms with Crippen LogP contribution >= 0.6 is 0 Å². The molecule has 0 saturated heterocycles. The molecule has 0 aromatic carbocycles. The molecule has 0 aliphatic heterocycles. The van der Waals surface area contributed by atoms with Crippen LogP contribution in [0.2, 0.25) is 0 Å². The van der Waals surface area contributed by atoms with Crippen LogP contribution in [0.25, 0.3) is 0 Å². The van der Waals surface area contributed by atoms with Crippen molar-refractivity contribution in [1.29, 1.82) is 0 Å². The van der Waals surface area contributed by atoms with Crippen LogP contribution in [-0.2, 0) is 28.6 Å². The van der Waals surface area contributed by atoms with Gasteiger partial charge in [0.05, 0.1) is 0 Å². The van der Waals surface area contributed by atoms with Crippen LogP contribution in [0.15, 0.2) is 85.1 Å². The van der Waals surface area contributed by atoms with Crippen molar-refractivity contribution < 1.29 is 28.6 Å². The molecule has 0 saturated carbocycles. The lowest BCUT2D eigenvalue weighted by molar-refractivity contribution is -0.167. The van der Waals surface area contributed by atoms with Crippen molar-refractivity contribution in [3.8, 4) is 0 Å². The summed E-state index contributed by atoms with van der Waals surface area (Å²) < 4.78 is 16.8. The van der Waals surface area contributed by atoms with Crippen molar-refractivity contribution in [3.63, 3.8) is 0 Å². The zero-order chi connectivity index (χ0) is 50.7. The van der Waals surface area contributed by atoms with Crippen molar-refractivity contribution in [3.05, 3.63) is 85.1 Å². The molecule has 0 aliphatic carbocycles. The number of ether oxygens (including phenoxy) is 3. The summed E-state index contributed by atoms with van der Waals surface area (Å²) in [5.74, 6) is -0.917. The van der Waals surface area contributed by atoms with Gasteiger partial charge in [-0.3, -0.25) is 14.4 Å². The third-order valence-corrected chi connectivity index (χ3v) is 12.7. The van der Waals surface area contributed by atoms with Gasteiger partial charge in [0, 0.05) is 19.3 Å². The highest BCUT2D eigenvalue weighted by Crippen LogP contribution is 2.16. The van der Waals surface area contributed by atoms with Crippen molar-refractivity contribution in [2.24, 2.45) is 0 Å². The molecule has 0 heterocycles. The van der Waals surface area contributed by atoms with E-state index in [1.165, 1.54) is 135 Å². The number of rotatable bonds is 53. The summed E-state index contributed by atoms with van der Waals surface area (Å²) in [6.07, 6.45) is 76.0. The smallest absolute Gasteiger partial charge is 0.306 e. The molecule has 1 atom stereocenters. The van der Waals surface area contributed by atoms with Crippen LogP contribution in [0.1, 0.15) is 284 Å². The maximum atomic E-state index is 12.8. The second-order valence-electron chi connectivity index (χ2n) is 19.5. The molecular weight excluding hydrogens is 865 g/mol. The van der Waals surface area contributed by atoms with Gasteiger partial charge in [0.25, 0.3) is 0 Å². The van der Waals surface area contributed by atoms with E-state index in [4.69, 9.17) is 14.2 Å². The highest BCUT2D eigenvalue weighted by Gasteiger charge is 2.19. The van der Waals surface area contributed by atoms with Gasteiger partial charge in [-0.1, -0.05) is 273 Å². The first kappa shape index (κ1) is 66.6. The van der Waals surface area contributed by atoms with Gasteiger partial charge in [0.1, 0.15) is 13.2 Å². The Hall–Kier alpha value is -3.41. The van der Waals surface area contributed by atoms with E-state index >= 15 is 0 Å². The predicted molar refractivity (Wildman–Crippen MR) is 302 cm³/mol. The van der Waals surface area contributed by atoms with Gasteiger partial charge in [0.2, 0.25) is 0 Å². The molecule has 0 bridgehead atoms. The fourth-order valence-corrected chi connectivity index (χ4v) is 8.25. The van der Waals surface area contributed by atoms with E-state index < -0.39 is 6.10 Å². The molecule has 402 valence electrons. The number of hydrogen-bond donors (Lipinski definition) is 0. The maximum Gasteiger partial charge on any atom is 0.306 e. The molecule has 6 nitrogen and oxygen atoms in total. The molecule has 0 aromatic heterocycles. The fraction of sp³-hybridized carbons (Fsp3) is 0.734. The van der Waals surface area contributed by atoms with Crippen LogP contribution in [0.3, 0.4) is 0 Å². The monoisotopic (exact) mass is 975 g/mol. The Bertz CT molecular complexity index is 1350. The first-order chi connectivity index (χ1) is 34.5. The number of carbonyl (C=O) groups is 3. The van der Waals surface area contributed by atoms with E-state index in [0.29, 0.717) is 19.3 Å². The van der Waals surface area contributed by atoms with E-state index in [1.54, 1.807) is 0 Å². The fourth-order valence-electron chi connectivity index (χ4n) is 8.25. The molecule has 0 aliphatic rings. The summed E-state index contributed by atoms with van der Waals surface area (Å²) >= 11 is 0. The van der Waals surface area contributed by atoms with Crippen molar-refractivity contribution in [2.75, 3.05) is 13.2 Å². The number of esters is 3. The van der Waals surface area contributed by atoms with E-state index in [9.17, 15) is 14.4 Å². The van der Waals surface area contributed by atoms with Crippen molar-refractivity contribution in [1.82, 2.24) is 0 Å². The van der Waals surface area contributed by atoms with Crippen LogP contribution < -0.4 is 0 Å². The topological polar surface area (TPSA) is 78.9 Å². The third kappa shape index (κ3) is 55.5. The quantitative estimate of drug-likeness (QED) is 0.0261. The zero-order valence-electron chi connectivity index (χ0n) is 46.0. The highest BCUT2D eigenvalue weighted by atomic mass is 16.6. The Balaban J connectivity index is 4.25. The second kappa shape index (κ2) is 58.2. The first-order valence-corrected chi connectivity index (χ1v) is 29.6. The molecule has 70 heavy (non-hydrogen) atoms. The lowest BCUT2D eigenvalue weighted by Gasteiger charge is -2.18. The minimum Gasteiger partial charge on any atom is -0.462 e. The molecule has 0 amide bonds. The van der Waals surface area contributed by atoms with Crippen LogP contribution in [0.4, 0.5) is 0 Å². The average molecular weight is 976 g/mol. The Morgan fingerprint density at radius 3 is 0.871 bits per heavy atom. The summed E-state index contributed by atoms with van der Waals surface area (Å²) in [7, 11) is 0. The largest absolute Gasteiger partial charge is 0.462 e. The molecular formula is C64H110O6. The lowest BCUT2D eigenvalue weighted by atomic mass is 10.0. The van der Waals surface area contributed by atoms with Crippen molar-refractivity contribution in [2.45, 2.75) is 290 Å². The van der Waals surface area contributed by atoms with Gasteiger partial charge < -0.3 is 14.2 Å². The van der Waals surface area contributed by atoms with Gasteiger partial charge in [-0.15, -0.1) is 0 Å². The number of unbranched alkanes of at least 4 members (excludes halogenated alkanes) is 28. The molecule has 0 radical (unpaired) electrons. The van der Waals surface area contributed by atoms with Crippen LogP contribution in [-0.4, -0.2) is 37.2 Å². The minimum absolute atomic E-state index is 0.0848. The SMILES string of the molecule is CC/C=C\C/C=C\C/C=C\C/C=C\C/C=C\C/C=C\C/C=C\CCCCCC(=O)OCC(COC(=O)CCCCCCCCC)OC(=O)CCCCCCCCCCCCCCCCCCCCCC. The number of carbonyl (C=O) groups excluding carboxylic acids is 3. The molecule has 0 fully saturated rings. The van der Waals surface area contributed by atoms with E-state index in [0.717, 1.165) is 109 Å². The van der Waals surface area contributed by atoms with E-state index in [1.807, 2.05) is 0 Å². The predicted octanol–water partition coefficient (Wildman–Crippen LogP) is 19.9. The van der Waals surface area contributed by atoms with Gasteiger partial charge in [-0.2, -0.15) is 0 Å². The molecule has 0 aromatic rings. The van der Waals surface area contributed by atoms with Gasteiger partial charge in [-0.25, -0.2) is 0 Å². The Morgan fingerprint density at radius 1 is 0.300 bits per heavy atom.